The van der Waals surface area contributed by atoms with E-state index in [1.165, 1.54) is 5.52 Å². The van der Waals surface area contributed by atoms with Crippen molar-refractivity contribution in [3.8, 4) is 0 Å². The molecule has 0 amide bonds. The van der Waals surface area contributed by atoms with Crippen LogP contribution in [0.5, 0.6) is 0 Å². The maximum atomic E-state index is 4.61. The van der Waals surface area contributed by atoms with Gasteiger partial charge < -0.3 is 19.8 Å². The fourth-order valence-electron chi connectivity index (χ4n) is 2.97. The maximum Gasteiger partial charge on any atom is 0.191 e. The van der Waals surface area contributed by atoms with Crippen LogP contribution in [0.1, 0.15) is 12.2 Å². The highest BCUT2D eigenvalue weighted by Gasteiger charge is 2.06. The normalized spacial score (nSPS) is 11.8. The number of fused-ring (bicyclic) bond motifs is 1. The van der Waals surface area contributed by atoms with E-state index in [0.717, 1.165) is 49.9 Å². The smallest absolute Gasteiger partial charge is 0.191 e. The molecule has 0 aliphatic rings. The van der Waals surface area contributed by atoms with Gasteiger partial charge in [-0.2, -0.15) is 0 Å². The number of rotatable bonds is 7. The number of nitrogens with zero attached hydrogens (tertiary/aromatic N) is 4. The van der Waals surface area contributed by atoms with Gasteiger partial charge in [0.05, 0.1) is 11.0 Å². The van der Waals surface area contributed by atoms with E-state index in [4.69, 9.17) is 0 Å². The van der Waals surface area contributed by atoms with Crippen molar-refractivity contribution in [1.82, 2.24) is 24.8 Å². The third-order valence-electron chi connectivity index (χ3n) is 4.25. The molecular formula is C19H26N6. The summed E-state index contributed by atoms with van der Waals surface area (Å²) in [5.41, 5.74) is 2.27. The zero-order chi connectivity index (χ0) is 17.5. The van der Waals surface area contributed by atoms with E-state index in [1.807, 2.05) is 18.2 Å². The summed E-state index contributed by atoms with van der Waals surface area (Å²) >= 11 is 0. The Labute approximate surface area is 148 Å². The lowest BCUT2D eigenvalue weighted by Gasteiger charge is -2.13. The molecule has 3 rings (SSSR count). The zero-order valence-corrected chi connectivity index (χ0v) is 14.9. The Morgan fingerprint density at radius 1 is 1.04 bits per heavy atom. The molecule has 3 aromatic rings. The standard InChI is InChI=1S/C19H26N6/c1-16-23-17-8-3-4-9-18(17)25(16)14-7-10-21-19(20-2)22-11-15-24-12-5-6-13-24/h3-6,8-9,12-13H,7,10-11,14-15H2,1-2H3,(H2,20,21,22). The molecule has 0 bridgehead atoms. The Hall–Kier alpha value is -2.76. The lowest BCUT2D eigenvalue weighted by Crippen LogP contribution is -2.39. The van der Waals surface area contributed by atoms with Crippen molar-refractivity contribution in [2.45, 2.75) is 26.4 Å². The summed E-state index contributed by atoms with van der Waals surface area (Å²) in [5.74, 6) is 1.91. The molecule has 0 saturated carbocycles. The summed E-state index contributed by atoms with van der Waals surface area (Å²) in [5, 5.41) is 6.72. The minimum Gasteiger partial charge on any atom is -0.356 e. The number of hydrogen-bond donors (Lipinski definition) is 2. The number of aliphatic imine (C=N–C) groups is 1. The largest absolute Gasteiger partial charge is 0.356 e. The molecule has 2 N–H and O–H groups in total. The van der Waals surface area contributed by atoms with Gasteiger partial charge in [0.15, 0.2) is 5.96 Å². The molecule has 0 spiro atoms. The van der Waals surface area contributed by atoms with Crippen LogP contribution in [0.3, 0.4) is 0 Å². The minimum atomic E-state index is 0.847. The molecule has 1 aromatic carbocycles. The van der Waals surface area contributed by atoms with Crippen LogP contribution < -0.4 is 10.6 Å². The lowest BCUT2D eigenvalue weighted by atomic mass is 10.3. The van der Waals surface area contributed by atoms with E-state index < -0.39 is 0 Å². The number of imidazole rings is 1. The lowest BCUT2D eigenvalue weighted by molar-refractivity contribution is 0.618. The van der Waals surface area contributed by atoms with Crippen molar-refractivity contribution in [2.24, 2.45) is 4.99 Å². The number of nitrogens with one attached hydrogen (secondary N) is 2. The second kappa shape index (κ2) is 8.37. The number of aryl methyl sites for hydroxylation is 2. The van der Waals surface area contributed by atoms with Gasteiger partial charge in [0, 0.05) is 45.6 Å². The molecule has 0 radical (unpaired) electrons. The fourth-order valence-corrected chi connectivity index (χ4v) is 2.97. The van der Waals surface area contributed by atoms with Gasteiger partial charge in [-0.05, 0) is 37.6 Å². The van der Waals surface area contributed by atoms with E-state index in [2.05, 4.69) is 67.3 Å². The van der Waals surface area contributed by atoms with E-state index in [9.17, 15) is 0 Å². The van der Waals surface area contributed by atoms with Gasteiger partial charge in [0.2, 0.25) is 0 Å². The molecule has 25 heavy (non-hydrogen) atoms. The summed E-state index contributed by atoms with van der Waals surface area (Å²) in [7, 11) is 1.80. The average molecular weight is 338 g/mol. The predicted octanol–water partition coefficient (Wildman–Crippen LogP) is 2.40. The second-order valence-electron chi connectivity index (χ2n) is 6.00. The quantitative estimate of drug-likeness (QED) is 0.395. The first-order valence-electron chi connectivity index (χ1n) is 8.75. The molecule has 132 valence electrons. The number of benzene rings is 1. The highest BCUT2D eigenvalue weighted by molar-refractivity contribution is 5.79. The van der Waals surface area contributed by atoms with Gasteiger partial charge in [-0.25, -0.2) is 4.98 Å². The van der Waals surface area contributed by atoms with Gasteiger partial charge in [0.1, 0.15) is 5.82 Å². The first kappa shape index (κ1) is 17.1. The molecule has 0 aliphatic heterocycles. The third kappa shape index (κ3) is 4.41. The van der Waals surface area contributed by atoms with Gasteiger partial charge in [-0.1, -0.05) is 12.1 Å². The Kier molecular flexibility index (Phi) is 5.72. The van der Waals surface area contributed by atoms with Gasteiger partial charge in [0.25, 0.3) is 0 Å². The SMILES string of the molecule is CN=C(NCCCn1c(C)nc2ccccc21)NCCn1cccc1. The molecule has 2 heterocycles. The second-order valence-corrected chi connectivity index (χ2v) is 6.00. The van der Waals surface area contributed by atoms with Crippen molar-refractivity contribution in [3.63, 3.8) is 0 Å². The van der Waals surface area contributed by atoms with E-state index in [-0.39, 0.29) is 0 Å². The maximum absolute atomic E-state index is 4.61. The van der Waals surface area contributed by atoms with Crippen LogP contribution in [0.25, 0.3) is 11.0 Å². The zero-order valence-electron chi connectivity index (χ0n) is 14.9. The molecular weight excluding hydrogens is 312 g/mol. The number of hydrogen-bond acceptors (Lipinski definition) is 2. The van der Waals surface area contributed by atoms with Crippen LogP contribution in [0, 0.1) is 6.92 Å². The number of aromatic nitrogens is 3. The third-order valence-corrected chi connectivity index (χ3v) is 4.25. The van der Waals surface area contributed by atoms with Crippen molar-refractivity contribution >= 4 is 17.0 Å². The van der Waals surface area contributed by atoms with Crippen molar-refractivity contribution < 1.29 is 0 Å². The molecule has 6 nitrogen and oxygen atoms in total. The summed E-state index contributed by atoms with van der Waals surface area (Å²) in [6.45, 7) is 5.65. The average Bonchev–Trinajstić information content (AvgIpc) is 3.24. The van der Waals surface area contributed by atoms with Crippen LogP contribution in [0.15, 0.2) is 53.8 Å². The molecule has 0 fully saturated rings. The van der Waals surface area contributed by atoms with Gasteiger partial charge in [-0.15, -0.1) is 0 Å². The summed E-state index contributed by atoms with van der Waals surface area (Å²) in [6, 6.07) is 12.4. The first-order valence-corrected chi connectivity index (χ1v) is 8.75. The molecule has 0 aliphatic carbocycles. The fraction of sp³-hybridized carbons (Fsp3) is 0.368. The minimum absolute atomic E-state index is 0.847. The molecule has 6 heteroatoms. The number of para-hydroxylation sites is 2. The molecule has 0 unspecified atom stereocenters. The van der Waals surface area contributed by atoms with Crippen LogP contribution in [0.2, 0.25) is 0 Å². The molecule has 0 atom stereocenters. The topological polar surface area (TPSA) is 59.2 Å². The summed E-state index contributed by atoms with van der Waals surface area (Å²) < 4.78 is 4.42. The first-order chi connectivity index (χ1) is 12.3. The van der Waals surface area contributed by atoms with E-state index >= 15 is 0 Å². The molecule has 2 aromatic heterocycles. The Balaban J connectivity index is 1.43. The van der Waals surface area contributed by atoms with Crippen molar-refractivity contribution in [2.75, 3.05) is 20.1 Å². The Morgan fingerprint density at radius 2 is 1.80 bits per heavy atom. The van der Waals surface area contributed by atoms with Crippen molar-refractivity contribution in [3.05, 3.63) is 54.6 Å². The van der Waals surface area contributed by atoms with Crippen LogP contribution in [-0.4, -0.2) is 40.2 Å². The summed E-state index contributed by atoms with van der Waals surface area (Å²) in [4.78, 5) is 8.89. The van der Waals surface area contributed by atoms with Crippen LogP contribution >= 0.6 is 0 Å². The van der Waals surface area contributed by atoms with E-state index in [0.29, 0.717) is 0 Å². The van der Waals surface area contributed by atoms with Crippen LogP contribution in [-0.2, 0) is 13.1 Å². The Morgan fingerprint density at radius 3 is 2.60 bits per heavy atom. The van der Waals surface area contributed by atoms with Gasteiger partial charge >= 0.3 is 0 Å². The van der Waals surface area contributed by atoms with Crippen LogP contribution in [0.4, 0.5) is 0 Å². The monoisotopic (exact) mass is 338 g/mol. The van der Waals surface area contributed by atoms with E-state index in [1.54, 1.807) is 7.05 Å². The summed E-state index contributed by atoms with van der Waals surface area (Å²) in [6.07, 6.45) is 5.14. The number of guanidine groups is 1. The molecule has 0 saturated heterocycles. The highest BCUT2D eigenvalue weighted by atomic mass is 15.2. The highest BCUT2D eigenvalue weighted by Crippen LogP contribution is 2.15. The van der Waals surface area contributed by atoms with Crippen molar-refractivity contribution in [1.29, 1.82) is 0 Å². The Bertz CT molecular complexity index is 816. The predicted molar refractivity (Wildman–Crippen MR) is 103 cm³/mol. The van der Waals surface area contributed by atoms with Gasteiger partial charge in [-0.3, -0.25) is 4.99 Å².